The maximum atomic E-state index is 2.64. The second kappa shape index (κ2) is 2.44. The van der Waals surface area contributed by atoms with Gasteiger partial charge in [0.2, 0.25) is 0 Å². The molecule has 1 aliphatic rings. The molecule has 0 amide bonds. The summed E-state index contributed by atoms with van der Waals surface area (Å²) in [4.78, 5) is 0. The molecule has 0 saturated carbocycles. The molecule has 1 saturated heterocycles. The van der Waals surface area contributed by atoms with Crippen LogP contribution < -0.4 is 0 Å². The molecule has 1 rings (SSSR count). The molecule has 1 atom stereocenters. The van der Waals surface area contributed by atoms with Crippen molar-refractivity contribution in [2.24, 2.45) is 5.41 Å². The fraction of sp³-hybridized carbons (Fsp3) is 1.00. The smallest absolute Gasteiger partial charge is 0.0791 e. The van der Waals surface area contributed by atoms with Crippen LogP contribution in [0.3, 0.4) is 0 Å². The highest BCUT2D eigenvalue weighted by Gasteiger charge is 2.49. The summed E-state index contributed by atoms with van der Waals surface area (Å²) in [5.74, 6) is 0. The van der Waals surface area contributed by atoms with Crippen LogP contribution in [0.25, 0.3) is 0 Å². The highest BCUT2D eigenvalue weighted by atomic mass is 28.2. The molecule has 3 heteroatoms. The third-order valence-corrected chi connectivity index (χ3v) is 7.60. The van der Waals surface area contributed by atoms with Gasteiger partial charge in [-0.25, -0.2) is 0 Å². The number of nitrogens with zero attached hydrogens (tertiary/aromatic N) is 1. The van der Waals surface area contributed by atoms with Gasteiger partial charge in [0.1, 0.15) is 0 Å². The summed E-state index contributed by atoms with van der Waals surface area (Å²) in [6, 6.07) is 0. The highest BCUT2D eigenvalue weighted by molar-refractivity contribution is 6.14. The largest absolute Gasteiger partial charge is 0.327 e. The van der Waals surface area contributed by atoms with Crippen LogP contribution in [0.4, 0.5) is 0 Å². The normalized spacial score (nSPS) is 36.5. The standard InChI is InChI=1S/C8H21NSi2/c1-7(2)6(10)5-9(11)8(7,3)4/h6H,5H2,1-4,10-11H3. The van der Waals surface area contributed by atoms with Crippen molar-refractivity contribution in [3.05, 3.63) is 0 Å². The Morgan fingerprint density at radius 3 is 1.82 bits per heavy atom. The summed E-state index contributed by atoms with van der Waals surface area (Å²) in [6.45, 7) is 11.0. The van der Waals surface area contributed by atoms with Gasteiger partial charge in [0.05, 0.1) is 10.4 Å². The SMILES string of the molecule is CC1(C)C([SiH3])CN([SiH3])C1(C)C. The first-order chi connectivity index (χ1) is 4.80. The van der Waals surface area contributed by atoms with Crippen LogP contribution in [-0.2, 0) is 0 Å². The third kappa shape index (κ3) is 1.14. The average Bonchev–Trinajstić information content (AvgIpc) is 1.95. The van der Waals surface area contributed by atoms with E-state index in [0.717, 1.165) is 5.54 Å². The van der Waals surface area contributed by atoms with Crippen LogP contribution in [0.2, 0.25) is 5.54 Å². The predicted molar refractivity (Wildman–Crippen MR) is 58.2 cm³/mol. The Balaban J connectivity index is 2.95. The molecule has 0 bridgehead atoms. The van der Waals surface area contributed by atoms with Crippen LogP contribution in [0.1, 0.15) is 27.7 Å². The molecule has 66 valence electrons. The summed E-state index contributed by atoms with van der Waals surface area (Å²) in [5, 5.41) is 0. The van der Waals surface area contributed by atoms with E-state index in [2.05, 4.69) is 32.3 Å². The van der Waals surface area contributed by atoms with Crippen molar-refractivity contribution in [3.8, 4) is 0 Å². The van der Waals surface area contributed by atoms with E-state index in [1.54, 1.807) is 0 Å². The zero-order chi connectivity index (χ0) is 8.86. The van der Waals surface area contributed by atoms with Crippen molar-refractivity contribution in [1.29, 1.82) is 0 Å². The van der Waals surface area contributed by atoms with Gasteiger partial charge in [-0.15, -0.1) is 0 Å². The first-order valence-electron chi connectivity index (χ1n) is 4.51. The lowest BCUT2D eigenvalue weighted by Gasteiger charge is -2.41. The molecule has 0 aromatic carbocycles. The molecule has 1 nitrogen and oxygen atoms in total. The molecule has 0 aliphatic carbocycles. The van der Waals surface area contributed by atoms with Crippen LogP contribution >= 0.6 is 0 Å². The van der Waals surface area contributed by atoms with Crippen molar-refractivity contribution in [1.82, 2.24) is 4.57 Å². The van der Waals surface area contributed by atoms with Crippen molar-refractivity contribution in [2.75, 3.05) is 6.54 Å². The summed E-state index contributed by atoms with van der Waals surface area (Å²) in [7, 11) is 2.58. The first-order valence-corrected chi connectivity index (χ1v) is 6.56. The molecule has 1 aliphatic heterocycles. The molecule has 0 aromatic heterocycles. The van der Waals surface area contributed by atoms with Gasteiger partial charge < -0.3 is 4.57 Å². The molecular weight excluding hydrogens is 166 g/mol. The first kappa shape index (κ1) is 9.48. The molecule has 0 radical (unpaired) electrons. The Kier molecular flexibility index (Phi) is 2.10. The minimum Gasteiger partial charge on any atom is -0.327 e. The van der Waals surface area contributed by atoms with Crippen molar-refractivity contribution < 1.29 is 0 Å². The van der Waals surface area contributed by atoms with E-state index in [1.165, 1.54) is 27.2 Å². The molecule has 0 spiro atoms. The van der Waals surface area contributed by atoms with Gasteiger partial charge in [-0.3, -0.25) is 0 Å². The third-order valence-electron chi connectivity index (χ3n) is 4.31. The molecule has 11 heavy (non-hydrogen) atoms. The van der Waals surface area contributed by atoms with E-state index in [4.69, 9.17) is 0 Å². The van der Waals surface area contributed by atoms with Gasteiger partial charge in [0, 0.05) is 15.8 Å². The molecular formula is C8H21NSi2. The quantitative estimate of drug-likeness (QED) is 0.464. The maximum Gasteiger partial charge on any atom is 0.0791 e. The Morgan fingerprint density at radius 2 is 1.73 bits per heavy atom. The van der Waals surface area contributed by atoms with Gasteiger partial charge in [0.15, 0.2) is 0 Å². The Bertz CT molecular complexity index is 147. The Morgan fingerprint density at radius 1 is 1.27 bits per heavy atom. The fourth-order valence-electron chi connectivity index (χ4n) is 1.96. The second-order valence-electron chi connectivity index (χ2n) is 5.06. The van der Waals surface area contributed by atoms with E-state index < -0.39 is 0 Å². The van der Waals surface area contributed by atoms with E-state index in [0.29, 0.717) is 11.0 Å². The lowest BCUT2D eigenvalue weighted by atomic mass is 9.75. The van der Waals surface area contributed by atoms with E-state index in [-0.39, 0.29) is 0 Å². The lowest BCUT2D eigenvalue weighted by molar-refractivity contribution is 0.162. The van der Waals surface area contributed by atoms with Gasteiger partial charge in [-0.1, -0.05) is 13.8 Å². The van der Waals surface area contributed by atoms with E-state index >= 15 is 0 Å². The Labute approximate surface area is 76.5 Å². The van der Waals surface area contributed by atoms with Crippen molar-refractivity contribution in [2.45, 2.75) is 38.8 Å². The van der Waals surface area contributed by atoms with Crippen molar-refractivity contribution >= 4 is 20.6 Å². The van der Waals surface area contributed by atoms with Crippen LogP contribution in [0, 0.1) is 5.41 Å². The zero-order valence-corrected chi connectivity index (χ0v) is 12.7. The summed E-state index contributed by atoms with van der Waals surface area (Å²) >= 11 is 0. The minimum atomic E-state index is 0.450. The average molecular weight is 187 g/mol. The van der Waals surface area contributed by atoms with Gasteiger partial charge in [-0.2, -0.15) is 0 Å². The number of hydrogen-bond acceptors (Lipinski definition) is 1. The molecule has 1 fully saturated rings. The fourth-order valence-corrected chi connectivity index (χ4v) is 5.07. The van der Waals surface area contributed by atoms with Crippen LogP contribution in [0.5, 0.6) is 0 Å². The van der Waals surface area contributed by atoms with Crippen LogP contribution in [0.15, 0.2) is 0 Å². The summed E-state index contributed by atoms with van der Waals surface area (Å²) in [6.07, 6.45) is 0. The van der Waals surface area contributed by atoms with Gasteiger partial charge in [0.25, 0.3) is 0 Å². The van der Waals surface area contributed by atoms with Crippen molar-refractivity contribution in [3.63, 3.8) is 0 Å². The Hall–Kier alpha value is 0.394. The van der Waals surface area contributed by atoms with Crippen LogP contribution in [-0.4, -0.2) is 37.3 Å². The van der Waals surface area contributed by atoms with Gasteiger partial charge >= 0.3 is 0 Å². The zero-order valence-electron chi connectivity index (χ0n) is 8.73. The second-order valence-corrected chi connectivity index (χ2v) is 7.54. The highest BCUT2D eigenvalue weighted by Crippen LogP contribution is 2.49. The predicted octanol–water partition coefficient (Wildman–Crippen LogP) is -0.459. The number of hydrogen-bond donors (Lipinski definition) is 0. The maximum absolute atomic E-state index is 2.64. The topological polar surface area (TPSA) is 3.24 Å². The molecule has 1 unspecified atom stereocenters. The monoisotopic (exact) mass is 187 g/mol. The van der Waals surface area contributed by atoms with Gasteiger partial charge in [-0.05, 0) is 31.3 Å². The molecule has 1 heterocycles. The molecule has 0 N–H and O–H groups in total. The summed E-state index contributed by atoms with van der Waals surface area (Å²) in [5.41, 5.74) is 1.97. The molecule has 0 aromatic rings. The number of rotatable bonds is 0. The minimum absolute atomic E-state index is 0.450. The van der Waals surface area contributed by atoms with E-state index in [1.807, 2.05) is 0 Å². The summed E-state index contributed by atoms with van der Waals surface area (Å²) < 4.78 is 2.64. The lowest BCUT2D eigenvalue weighted by Crippen LogP contribution is -2.45. The van der Waals surface area contributed by atoms with E-state index in [9.17, 15) is 0 Å².